The summed E-state index contributed by atoms with van der Waals surface area (Å²) in [6.45, 7) is 6.00. The van der Waals surface area contributed by atoms with Crippen LogP contribution in [0.1, 0.15) is 40.0 Å². The van der Waals surface area contributed by atoms with Gasteiger partial charge in [-0.1, -0.05) is 13.8 Å². The standard InChI is InChI=1S/C10H19NO/c1-7(2)6-9(12)10(3,11)8-4-5-8/h7-8H,4-6,11H2,1-3H3. The molecule has 2 heteroatoms. The molecule has 1 aliphatic carbocycles. The van der Waals surface area contributed by atoms with Crippen LogP contribution in [0, 0.1) is 11.8 Å². The van der Waals surface area contributed by atoms with Crippen LogP contribution < -0.4 is 5.73 Å². The quantitative estimate of drug-likeness (QED) is 0.696. The number of hydrogen-bond acceptors (Lipinski definition) is 2. The first-order chi connectivity index (χ1) is 5.44. The van der Waals surface area contributed by atoms with Crippen molar-refractivity contribution in [3.8, 4) is 0 Å². The number of carbonyl (C=O) groups excluding carboxylic acids is 1. The summed E-state index contributed by atoms with van der Waals surface area (Å²) in [5.41, 5.74) is 5.43. The third kappa shape index (κ3) is 2.07. The largest absolute Gasteiger partial charge is 0.319 e. The smallest absolute Gasteiger partial charge is 0.152 e. The molecule has 1 rings (SSSR count). The lowest BCUT2D eigenvalue weighted by Crippen LogP contribution is -2.47. The van der Waals surface area contributed by atoms with Crippen LogP contribution in [0.3, 0.4) is 0 Å². The maximum Gasteiger partial charge on any atom is 0.152 e. The first-order valence-electron chi connectivity index (χ1n) is 4.76. The van der Waals surface area contributed by atoms with E-state index in [0.717, 1.165) is 12.8 Å². The number of hydrogen-bond donors (Lipinski definition) is 1. The Morgan fingerprint density at radius 1 is 1.58 bits per heavy atom. The number of nitrogens with two attached hydrogens (primary N) is 1. The summed E-state index contributed by atoms with van der Waals surface area (Å²) < 4.78 is 0. The molecule has 0 aromatic carbocycles. The topological polar surface area (TPSA) is 43.1 Å². The Kier molecular flexibility index (Phi) is 2.57. The van der Waals surface area contributed by atoms with Crippen LogP contribution in [-0.4, -0.2) is 11.3 Å². The van der Waals surface area contributed by atoms with Gasteiger partial charge >= 0.3 is 0 Å². The van der Waals surface area contributed by atoms with Gasteiger partial charge in [0.05, 0.1) is 5.54 Å². The Bertz CT molecular complexity index is 180. The minimum absolute atomic E-state index is 0.236. The predicted molar refractivity (Wildman–Crippen MR) is 49.8 cm³/mol. The van der Waals surface area contributed by atoms with Gasteiger partial charge in [-0.3, -0.25) is 4.79 Å². The zero-order valence-corrected chi connectivity index (χ0v) is 8.26. The number of Topliss-reactive ketones (excluding diaryl/α,β-unsaturated/α-hetero) is 1. The Morgan fingerprint density at radius 3 is 2.42 bits per heavy atom. The second-order valence-electron chi connectivity index (χ2n) is 4.58. The van der Waals surface area contributed by atoms with E-state index in [9.17, 15) is 4.79 Å². The third-order valence-electron chi connectivity index (χ3n) is 2.62. The van der Waals surface area contributed by atoms with Crippen molar-refractivity contribution in [3.05, 3.63) is 0 Å². The Morgan fingerprint density at radius 2 is 2.08 bits per heavy atom. The Hall–Kier alpha value is -0.370. The number of ketones is 1. The van der Waals surface area contributed by atoms with Crippen molar-refractivity contribution < 1.29 is 4.79 Å². The van der Waals surface area contributed by atoms with Crippen LogP contribution in [0.2, 0.25) is 0 Å². The molecule has 0 aromatic heterocycles. The second kappa shape index (κ2) is 3.17. The molecule has 0 spiro atoms. The van der Waals surface area contributed by atoms with E-state index in [2.05, 4.69) is 13.8 Å². The fourth-order valence-electron chi connectivity index (χ4n) is 1.50. The molecule has 0 amide bonds. The Balaban J connectivity index is 2.49. The van der Waals surface area contributed by atoms with Crippen LogP contribution in [0.15, 0.2) is 0 Å². The third-order valence-corrected chi connectivity index (χ3v) is 2.62. The Labute approximate surface area is 74.5 Å². The van der Waals surface area contributed by atoms with Crippen molar-refractivity contribution in [2.24, 2.45) is 17.6 Å². The molecule has 0 aliphatic heterocycles. The van der Waals surface area contributed by atoms with Crippen LogP contribution in [0.5, 0.6) is 0 Å². The summed E-state index contributed by atoms with van der Waals surface area (Å²) in [5.74, 6) is 1.13. The lowest BCUT2D eigenvalue weighted by Gasteiger charge is -2.23. The SMILES string of the molecule is CC(C)CC(=O)C(C)(N)C1CC1. The van der Waals surface area contributed by atoms with Crippen LogP contribution >= 0.6 is 0 Å². The van der Waals surface area contributed by atoms with Gasteiger partial charge in [0.2, 0.25) is 0 Å². The van der Waals surface area contributed by atoms with E-state index in [1.807, 2.05) is 6.92 Å². The van der Waals surface area contributed by atoms with Gasteiger partial charge in [-0.25, -0.2) is 0 Å². The van der Waals surface area contributed by atoms with Crippen molar-refractivity contribution in [2.75, 3.05) is 0 Å². The van der Waals surface area contributed by atoms with Crippen molar-refractivity contribution in [3.63, 3.8) is 0 Å². The van der Waals surface area contributed by atoms with E-state index < -0.39 is 5.54 Å². The molecule has 1 aliphatic rings. The average Bonchev–Trinajstić information content (AvgIpc) is 2.65. The molecule has 12 heavy (non-hydrogen) atoms. The van der Waals surface area contributed by atoms with E-state index in [-0.39, 0.29) is 5.78 Å². The summed E-state index contributed by atoms with van der Waals surface area (Å²) in [4.78, 5) is 11.6. The molecule has 2 nitrogen and oxygen atoms in total. The lowest BCUT2D eigenvalue weighted by atomic mass is 9.87. The molecule has 1 atom stereocenters. The molecule has 2 N–H and O–H groups in total. The van der Waals surface area contributed by atoms with Crippen molar-refractivity contribution >= 4 is 5.78 Å². The van der Waals surface area contributed by atoms with Crippen LogP contribution in [-0.2, 0) is 4.79 Å². The van der Waals surface area contributed by atoms with Gasteiger partial charge in [0.25, 0.3) is 0 Å². The molecular weight excluding hydrogens is 150 g/mol. The summed E-state index contributed by atoms with van der Waals surface area (Å²) >= 11 is 0. The van der Waals surface area contributed by atoms with Crippen molar-refractivity contribution in [1.82, 2.24) is 0 Å². The van der Waals surface area contributed by atoms with E-state index in [0.29, 0.717) is 18.3 Å². The van der Waals surface area contributed by atoms with Gasteiger partial charge in [-0.05, 0) is 31.6 Å². The van der Waals surface area contributed by atoms with Crippen molar-refractivity contribution in [2.45, 2.75) is 45.6 Å². The maximum absolute atomic E-state index is 11.6. The molecule has 1 unspecified atom stereocenters. The maximum atomic E-state index is 11.6. The first kappa shape index (κ1) is 9.72. The van der Waals surface area contributed by atoms with Gasteiger partial charge in [-0.15, -0.1) is 0 Å². The normalized spacial score (nSPS) is 22.4. The monoisotopic (exact) mass is 169 g/mol. The summed E-state index contributed by atoms with van der Waals surface area (Å²) in [6, 6.07) is 0. The van der Waals surface area contributed by atoms with Gasteiger partial charge in [0.1, 0.15) is 0 Å². The highest BCUT2D eigenvalue weighted by Gasteiger charge is 2.43. The highest BCUT2D eigenvalue weighted by atomic mass is 16.1. The van der Waals surface area contributed by atoms with E-state index in [1.54, 1.807) is 0 Å². The van der Waals surface area contributed by atoms with Crippen LogP contribution in [0.4, 0.5) is 0 Å². The zero-order chi connectivity index (χ0) is 9.35. The molecular formula is C10H19NO. The van der Waals surface area contributed by atoms with E-state index in [1.165, 1.54) is 0 Å². The number of rotatable bonds is 4. The molecule has 70 valence electrons. The highest BCUT2D eigenvalue weighted by molar-refractivity contribution is 5.88. The van der Waals surface area contributed by atoms with Gasteiger partial charge < -0.3 is 5.73 Å². The van der Waals surface area contributed by atoms with Gasteiger partial charge in [0, 0.05) is 6.42 Å². The van der Waals surface area contributed by atoms with Crippen molar-refractivity contribution in [1.29, 1.82) is 0 Å². The van der Waals surface area contributed by atoms with E-state index in [4.69, 9.17) is 5.73 Å². The molecule has 0 heterocycles. The minimum Gasteiger partial charge on any atom is -0.319 e. The zero-order valence-electron chi connectivity index (χ0n) is 8.26. The molecule has 0 radical (unpaired) electrons. The summed E-state index contributed by atoms with van der Waals surface area (Å²) in [7, 11) is 0. The van der Waals surface area contributed by atoms with Gasteiger partial charge in [-0.2, -0.15) is 0 Å². The molecule has 0 aromatic rings. The molecule has 1 fully saturated rings. The molecule has 0 saturated heterocycles. The first-order valence-corrected chi connectivity index (χ1v) is 4.76. The fourth-order valence-corrected chi connectivity index (χ4v) is 1.50. The molecule has 0 bridgehead atoms. The highest BCUT2D eigenvalue weighted by Crippen LogP contribution is 2.39. The predicted octanol–water partition coefficient (Wildman–Crippen LogP) is 1.73. The summed E-state index contributed by atoms with van der Waals surface area (Å²) in [6.07, 6.45) is 2.90. The van der Waals surface area contributed by atoms with Crippen LogP contribution in [0.25, 0.3) is 0 Å². The minimum atomic E-state index is -0.537. The lowest BCUT2D eigenvalue weighted by molar-refractivity contribution is -0.125. The second-order valence-corrected chi connectivity index (χ2v) is 4.58. The van der Waals surface area contributed by atoms with Gasteiger partial charge in [0.15, 0.2) is 5.78 Å². The number of carbonyl (C=O) groups is 1. The summed E-state index contributed by atoms with van der Waals surface area (Å²) in [5, 5.41) is 0. The average molecular weight is 169 g/mol. The fraction of sp³-hybridized carbons (Fsp3) is 0.900. The van der Waals surface area contributed by atoms with E-state index >= 15 is 0 Å². The molecule has 1 saturated carbocycles.